The smallest absolute Gasteiger partial charge is 0.253 e. The van der Waals surface area contributed by atoms with E-state index in [4.69, 9.17) is 0 Å². The third-order valence-electron chi connectivity index (χ3n) is 5.19. The van der Waals surface area contributed by atoms with Crippen molar-refractivity contribution in [2.45, 2.75) is 11.6 Å². The number of para-hydroxylation sites is 1. The minimum absolute atomic E-state index is 0.144. The van der Waals surface area contributed by atoms with Gasteiger partial charge in [-0.1, -0.05) is 84.6 Å². The molecule has 0 spiro atoms. The molecule has 2 amide bonds. The van der Waals surface area contributed by atoms with E-state index in [2.05, 4.69) is 20.8 Å². The number of aromatic nitrogens is 3. The summed E-state index contributed by atoms with van der Waals surface area (Å²) in [5.74, 6) is 0.435. The Kier molecular flexibility index (Phi) is 7.72. The van der Waals surface area contributed by atoms with Gasteiger partial charge in [-0.3, -0.25) is 9.59 Å². The van der Waals surface area contributed by atoms with Gasteiger partial charge in [0.25, 0.3) is 5.91 Å². The number of nitrogens with one attached hydrogen (secondary N) is 2. The van der Waals surface area contributed by atoms with Gasteiger partial charge in [0, 0.05) is 19.2 Å². The van der Waals surface area contributed by atoms with E-state index in [0.717, 1.165) is 23.4 Å². The van der Waals surface area contributed by atoms with Gasteiger partial charge in [-0.25, -0.2) is 0 Å². The molecular formula is C26H25N5O2S. The first-order valence-corrected chi connectivity index (χ1v) is 11.9. The lowest BCUT2D eigenvalue weighted by molar-refractivity contribution is -0.113. The monoisotopic (exact) mass is 471 g/mol. The molecule has 34 heavy (non-hydrogen) atoms. The van der Waals surface area contributed by atoms with E-state index in [9.17, 15) is 9.59 Å². The van der Waals surface area contributed by atoms with Crippen LogP contribution in [0.4, 0.5) is 5.69 Å². The van der Waals surface area contributed by atoms with E-state index in [-0.39, 0.29) is 17.6 Å². The molecule has 1 aromatic heterocycles. The zero-order valence-electron chi connectivity index (χ0n) is 18.8. The van der Waals surface area contributed by atoms with Crippen molar-refractivity contribution in [3.05, 3.63) is 96.1 Å². The van der Waals surface area contributed by atoms with Crippen LogP contribution in [-0.4, -0.2) is 38.9 Å². The molecule has 1 heterocycles. The summed E-state index contributed by atoms with van der Waals surface area (Å²) in [7, 11) is 1.87. The number of rotatable bonds is 9. The number of amides is 2. The first-order valence-electron chi connectivity index (χ1n) is 10.9. The molecule has 0 aliphatic carbocycles. The van der Waals surface area contributed by atoms with E-state index in [1.54, 1.807) is 24.3 Å². The standard InChI is InChI=1S/C26H25N5O2S/c1-31-24(20-12-6-3-7-13-20)29-30-26(31)34-18-23(32)28-22-15-9-8-14-21(22)25(33)27-17-16-19-10-4-2-5-11-19/h2-15H,16-18H2,1H3,(H,27,33)(H,28,32). The Morgan fingerprint density at radius 1 is 0.882 bits per heavy atom. The van der Waals surface area contributed by atoms with Gasteiger partial charge in [-0.2, -0.15) is 0 Å². The van der Waals surface area contributed by atoms with Crippen molar-refractivity contribution in [1.29, 1.82) is 0 Å². The molecule has 0 atom stereocenters. The second kappa shape index (κ2) is 11.3. The summed E-state index contributed by atoms with van der Waals surface area (Å²) in [5.41, 5.74) is 3.02. The van der Waals surface area contributed by atoms with Crippen molar-refractivity contribution in [2.24, 2.45) is 7.05 Å². The van der Waals surface area contributed by atoms with Crippen LogP contribution >= 0.6 is 11.8 Å². The third-order valence-corrected chi connectivity index (χ3v) is 6.21. The number of anilines is 1. The fourth-order valence-corrected chi connectivity index (χ4v) is 4.16. The SMILES string of the molecule is Cn1c(SCC(=O)Nc2ccccc2C(=O)NCCc2ccccc2)nnc1-c1ccccc1. The predicted octanol–water partition coefficient (Wildman–Crippen LogP) is 4.19. The largest absolute Gasteiger partial charge is 0.352 e. The average molecular weight is 472 g/mol. The van der Waals surface area contributed by atoms with Crippen molar-refractivity contribution in [3.63, 3.8) is 0 Å². The van der Waals surface area contributed by atoms with Gasteiger partial charge >= 0.3 is 0 Å². The summed E-state index contributed by atoms with van der Waals surface area (Å²) in [6.07, 6.45) is 0.737. The van der Waals surface area contributed by atoms with Crippen LogP contribution in [-0.2, 0) is 18.3 Å². The zero-order chi connectivity index (χ0) is 23.8. The highest BCUT2D eigenvalue weighted by Gasteiger charge is 2.15. The normalized spacial score (nSPS) is 10.6. The molecule has 0 aliphatic rings. The fourth-order valence-electron chi connectivity index (χ4n) is 3.45. The van der Waals surface area contributed by atoms with Gasteiger partial charge in [0.2, 0.25) is 5.91 Å². The molecule has 0 saturated carbocycles. The van der Waals surface area contributed by atoms with Crippen molar-refractivity contribution in [2.75, 3.05) is 17.6 Å². The molecule has 0 fully saturated rings. The van der Waals surface area contributed by atoms with E-state index in [1.165, 1.54) is 11.8 Å². The molecule has 0 bridgehead atoms. The van der Waals surface area contributed by atoms with Gasteiger partial charge in [0.1, 0.15) is 0 Å². The van der Waals surface area contributed by atoms with Crippen molar-refractivity contribution >= 4 is 29.3 Å². The zero-order valence-corrected chi connectivity index (χ0v) is 19.6. The highest BCUT2D eigenvalue weighted by atomic mass is 32.2. The Labute approximate surface area is 202 Å². The first kappa shape index (κ1) is 23.3. The van der Waals surface area contributed by atoms with Crippen LogP contribution in [0, 0.1) is 0 Å². The Bertz CT molecular complexity index is 1260. The van der Waals surface area contributed by atoms with Crippen LogP contribution in [0.3, 0.4) is 0 Å². The number of hydrogen-bond acceptors (Lipinski definition) is 5. The quantitative estimate of drug-likeness (QED) is 0.358. The minimum atomic E-state index is -0.223. The van der Waals surface area contributed by atoms with E-state index in [1.807, 2.05) is 72.3 Å². The Hall–Kier alpha value is -3.91. The molecule has 4 aromatic rings. The van der Waals surface area contributed by atoms with Crippen molar-refractivity contribution in [1.82, 2.24) is 20.1 Å². The fraction of sp³-hybridized carbons (Fsp3) is 0.154. The summed E-state index contributed by atoms with van der Waals surface area (Å²) in [6.45, 7) is 0.511. The molecular weight excluding hydrogens is 446 g/mol. The molecule has 4 rings (SSSR count). The van der Waals surface area contributed by atoms with Crippen molar-refractivity contribution < 1.29 is 9.59 Å². The van der Waals surface area contributed by atoms with E-state index < -0.39 is 0 Å². The number of benzene rings is 3. The van der Waals surface area contributed by atoms with Gasteiger partial charge in [-0.05, 0) is 24.1 Å². The molecule has 0 radical (unpaired) electrons. The lowest BCUT2D eigenvalue weighted by Gasteiger charge is -2.11. The highest BCUT2D eigenvalue weighted by molar-refractivity contribution is 7.99. The van der Waals surface area contributed by atoms with Crippen molar-refractivity contribution in [3.8, 4) is 11.4 Å². The maximum atomic E-state index is 12.7. The van der Waals surface area contributed by atoms with Gasteiger partial charge in [0.15, 0.2) is 11.0 Å². The average Bonchev–Trinajstić information content (AvgIpc) is 3.24. The molecule has 8 heteroatoms. The highest BCUT2D eigenvalue weighted by Crippen LogP contribution is 2.23. The second-order valence-electron chi connectivity index (χ2n) is 7.61. The lowest BCUT2D eigenvalue weighted by Crippen LogP contribution is -2.27. The molecule has 0 aliphatic heterocycles. The van der Waals surface area contributed by atoms with Crippen LogP contribution in [0.1, 0.15) is 15.9 Å². The molecule has 2 N–H and O–H groups in total. The second-order valence-corrected chi connectivity index (χ2v) is 8.55. The van der Waals surface area contributed by atoms with Gasteiger partial charge < -0.3 is 15.2 Å². The summed E-state index contributed by atoms with van der Waals surface area (Å²) in [6, 6.07) is 26.7. The molecule has 3 aromatic carbocycles. The number of nitrogens with zero attached hydrogens (tertiary/aromatic N) is 3. The molecule has 172 valence electrons. The summed E-state index contributed by atoms with van der Waals surface area (Å²) >= 11 is 1.29. The lowest BCUT2D eigenvalue weighted by atomic mass is 10.1. The maximum absolute atomic E-state index is 12.7. The first-order chi connectivity index (χ1) is 16.6. The van der Waals surface area contributed by atoms with E-state index >= 15 is 0 Å². The number of carbonyl (C=O) groups is 2. The van der Waals surface area contributed by atoms with Crippen LogP contribution in [0.25, 0.3) is 11.4 Å². The molecule has 0 unspecified atom stereocenters. The summed E-state index contributed by atoms with van der Waals surface area (Å²) in [4.78, 5) is 25.3. The number of hydrogen-bond donors (Lipinski definition) is 2. The Balaban J connectivity index is 1.33. The predicted molar refractivity (Wildman–Crippen MR) is 135 cm³/mol. The molecule has 0 saturated heterocycles. The van der Waals surface area contributed by atoms with Gasteiger partial charge in [-0.15, -0.1) is 10.2 Å². The van der Waals surface area contributed by atoms with Gasteiger partial charge in [0.05, 0.1) is 17.0 Å². The van der Waals surface area contributed by atoms with Crippen LogP contribution in [0.5, 0.6) is 0 Å². The summed E-state index contributed by atoms with van der Waals surface area (Å²) in [5, 5.41) is 14.9. The Morgan fingerprint density at radius 3 is 2.32 bits per heavy atom. The molecule has 7 nitrogen and oxygen atoms in total. The minimum Gasteiger partial charge on any atom is -0.352 e. The van der Waals surface area contributed by atoms with Crippen LogP contribution in [0.15, 0.2) is 90.1 Å². The maximum Gasteiger partial charge on any atom is 0.253 e. The summed E-state index contributed by atoms with van der Waals surface area (Å²) < 4.78 is 1.86. The van der Waals surface area contributed by atoms with Crippen LogP contribution in [0.2, 0.25) is 0 Å². The van der Waals surface area contributed by atoms with Crippen LogP contribution < -0.4 is 10.6 Å². The third kappa shape index (κ3) is 5.90. The number of thioether (sulfide) groups is 1. The Morgan fingerprint density at radius 2 is 1.56 bits per heavy atom. The number of carbonyl (C=O) groups excluding carboxylic acids is 2. The van der Waals surface area contributed by atoms with E-state index in [0.29, 0.717) is 23.0 Å². The topological polar surface area (TPSA) is 88.9 Å².